The summed E-state index contributed by atoms with van der Waals surface area (Å²) in [6, 6.07) is 17.2. The van der Waals surface area contributed by atoms with E-state index in [4.69, 9.17) is 16.7 Å². The molecule has 1 aliphatic rings. The molecular formula is C28H25ClF3N3O. The van der Waals surface area contributed by atoms with Gasteiger partial charge in [0.05, 0.1) is 11.1 Å². The normalized spacial score (nSPS) is 15.0. The molecule has 186 valence electrons. The SMILES string of the molecule is O=c1c2ccccc2c(-c2ccc(Cl)cc2)nn1CCCN1CCC(c2ccc(F)c(F)c2F)CC1. The van der Waals surface area contributed by atoms with Crippen LogP contribution < -0.4 is 5.56 Å². The van der Waals surface area contributed by atoms with E-state index in [2.05, 4.69) is 4.90 Å². The van der Waals surface area contributed by atoms with Crippen LogP contribution in [0.2, 0.25) is 5.02 Å². The molecule has 1 aliphatic heterocycles. The van der Waals surface area contributed by atoms with Gasteiger partial charge < -0.3 is 4.90 Å². The molecule has 0 atom stereocenters. The maximum absolute atomic E-state index is 14.2. The summed E-state index contributed by atoms with van der Waals surface area (Å²) in [7, 11) is 0. The van der Waals surface area contributed by atoms with E-state index in [0.717, 1.165) is 48.8 Å². The van der Waals surface area contributed by atoms with Crippen LogP contribution in [0.3, 0.4) is 0 Å². The molecule has 1 aromatic heterocycles. The number of halogens is 4. The van der Waals surface area contributed by atoms with E-state index in [9.17, 15) is 18.0 Å². The van der Waals surface area contributed by atoms with Gasteiger partial charge in [-0.1, -0.05) is 48.0 Å². The molecule has 0 amide bonds. The minimum absolute atomic E-state index is 0.129. The molecule has 0 radical (unpaired) electrons. The van der Waals surface area contributed by atoms with Crippen molar-refractivity contribution in [2.24, 2.45) is 0 Å². The fourth-order valence-corrected chi connectivity index (χ4v) is 5.10. The number of aromatic nitrogens is 2. The molecule has 5 rings (SSSR count). The lowest BCUT2D eigenvalue weighted by atomic mass is 9.89. The molecule has 4 aromatic rings. The highest BCUT2D eigenvalue weighted by Gasteiger charge is 2.25. The van der Waals surface area contributed by atoms with Crippen LogP contribution in [-0.4, -0.2) is 34.3 Å². The van der Waals surface area contributed by atoms with Gasteiger partial charge in [-0.15, -0.1) is 0 Å². The minimum atomic E-state index is -1.40. The summed E-state index contributed by atoms with van der Waals surface area (Å²) in [4.78, 5) is 15.4. The lowest BCUT2D eigenvalue weighted by Gasteiger charge is -2.32. The predicted molar refractivity (Wildman–Crippen MR) is 136 cm³/mol. The van der Waals surface area contributed by atoms with E-state index >= 15 is 0 Å². The fourth-order valence-electron chi connectivity index (χ4n) is 4.98. The van der Waals surface area contributed by atoms with E-state index < -0.39 is 17.5 Å². The van der Waals surface area contributed by atoms with Crippen molar-refractivity contribution in [1.29, 1.82) is 0 Å². The molecule has 0 aliphatic carbocycles. The first-order chi connectivity index (χ1) is 17.4. The first-order valence-corrected chi connectivity index (χ1v) is 12.4. The lowest BCUT2D eigenvalue weighted by Crippen LogP contribution is -2.35. The van der Waals surface area contributed by atoms with Crippen LogP contribution in [0, 0.1) is 17.5 Å². The van der Waals surface area contributed by atoms with Gasteiger partial charge in [-0.2, -0.15) is 5.10 Å². The van der Waals surface area contributed by atoms with Gasteiger partial charge in [-0.25, -0.2) is 17.9 Å². The van der Waals surface area contributed by atoms with Gasteiger partial charge in [0.15, 0.2) is 17.5 Å². The number of hydrogen-bond donors (Lipinski definition) is 0. The Bertz CT molecular complexity index is 1450. The summed E-state index contributed by atoms with van der Waals surface area (Å²) < 4.78 is 42.6. The summed E-state index contributed by atoms with van der Waals surface area (Å²) in [6.45, 7) is 2.66. The van der Waals surface area contributed by atoms with E-state index in [1.807, 2.05) is 36.4 Å². The summed E-state index contributed by atoms with van der Waals surface area (Å²) in [6.07, 6.45) is 2.04. The van der Waals surface area contributed by atoms with Crippen LogP contribution in [-0.2, 0) is 6.54 Å². The highest BCUT2D eigenvalue weighted by Crippen LogP contribution is 2.31. The van der Waals surface area contributed by atoms with E-state index in [1.165, 1.54) is 10.7 Å². The van der Waals surface area contributed by atoms with Crippen molar-refractivity contribution in [3.63, 3.8) is 0 Å². The van der Waals surface area contributed by atoms with Gasteiger partial charge in [-0.05, 0) is 74.6 Å². The van der Waals surface area contributed by atoms with Crippen LogP contribution >= 0.6 is 11.6 Å². The quantitative estimate of drug-likeness (QED) is 0.281. The third-order valence-electron chi connectivity index (χ3n) is 6.92. The number of fused-ring (bicyclic) bond motifs is 1. The summed E-state index contributed by atoms with van der Waals surface area (Å²) in [5.41, 5.74) is 1.73. The first kappa shape index (κ1) is 24.5. The van der Waals surface area contributed by atoms with Gasteiger partial charge in [0.2, 0.25) is 0 Å². The zero-order valence-corrected chi connectivity index (χ0v) is 20.3. The number of nitrogens with zero attached hydrogens (tertiary/aromatic N) is 3. The van der Waals surface area contributed by atoms with Crippen LogP contribution in [0.15, 0.2) is 65.5 Å². The predicted octanol–water partition coefficient (Wildman–Crippen LogP) is 6.40. The fraction of sp³-hybridized carbons (Fsp3) is 0.286. The van der Waals surface area contributed by atoms with Crippen molar-refractivity contribution in [3.8, 4) is 11.3 Å². The highest BCUT2D eigenvalue weighted by molar-refractivity contribution is 6.30. The molecular weight excluding hydrogens is 487 g/mol. The molecule has 0 spiro atoms. The minimum Gasteiger partial charge on any atom is -0.303 e. The standard InChI is InChI=1S/C28H25ClF3N3O/c29-20-8-6-19(7-9-20)27-22-4-1-2-5-23(22)28(36)35(33-27)15-3-14-34-16-12-18(13-17-34)21-10-11-24(30)26(32)25(21)31/h1-2,4-11,18H,3,12-17H2. The van der Waals surface area contributed by atoms with E-state index in [1.54, 1.807) is 12.1 Å². The number of benzene rings is 3. The number of aryl methyl sites for hydroxylation is 1. The third kappa shape index (κ3) is 4.90. The molecule has 3 aromatic carbocycles. The molecule has 8 heteroatoms. The van der Waals surface area contributed by atoms with Crippen molar-refractivity contribution in [2.75, 3.05) is 19.6 Å². The Balaban J connectivity index is 1.26. The smallest absolute Gasteiger partial charge is 0.274 e. The molecule has 2 heterocycles. The molecule has 1 saturated heterocycles. The Morgan fingerprint density at radius 1 is 0.861 bits per heavy atom. The number of likely N-dealkylation sites (tertiary alicyclic amines) is 1. The molecule has 4 nitrogen and oxygen atoms in total. The summed E-state index contributed by atoms with van der Waals surface area (Å²) >= 11 is 6.05. The molecule has 36 heavy (non-hydrogen) atoms. The van der Waals surface area contributed by atoms with Gasteiger partial charge in [0.1, 0.15) is 0 Å². The Morgan fingerprint density at radius 2 is 1.56 bits per heavy atom. The zero-order valence-electron chi connectivity index (χ0n) is 19.6. The van der Waals surface area contributed by atoms with Gasteiger partial charge in [0, 0.05) is 22.5 Å². The maximum atomic E-state index is 14.2. The summed E-state index contributed by atoms with van der Waals surface area (Å²) in [5, 5.41) is 6.74. The van der Waals surface area contributed by atoms with E-state index in [0.29, 0.717) is 29.8 Å². The van der Waals surface area contributed by atoms with Gasteiger partial charge in [-0.3, -0.25) is 4.79 Å². The Morgan fingerprint density at radius 3 is 2.28 bits per heavy atom. The maximum Gasteiger partial charge on any atom is 0.274 e. The molecule has 0 saturated carbocycles. The monoisotopic (exact) mass is 511 g/mol. The third-order valence-corrected chi connectivity index (χ3v) is 7.17. The number of hydrogen-bond acceptors (Lipinski definition) is 3. The second-order valence-electron chi connectivity index (χ2n) is 9.16. The average Bonchev–Trinajstić information content (AvgIpc) is 2.90. The topological polar surface area (TPSA) is 38.1 Å². The molecule has 0 bridgehead atoms. The van der Waals surface area contributed by atoms with Crippen LogP contribution in [0.25, 0.3) is 22.0 Å². The Kier molecular flexibility index (Phi) is 7.12. The van der Waals surface area contributed by atoms with Crippen molar-refractivity contribution >= 4 is 22.4 Å². The average molecular weight is 512 g/mol. The zero-order chi connectivity index (χ0) is 25.2. The second kappa shape index (κ2) is 10.4. The highest BCUT2D eigenvalue weighted by atomic mass is 35.5. The van der Waals surface area contributed by atoms with Crippen LogP contribution in [0.5, 0.6) is 0 Å². The van der Waals surface area contributed by atoms with Crippen molar-refractivity contribution < 1.29 is 13.2 Å². The molecule has 0 N–H and O–H groups in total. The van der Waals surface area contributed by atoms with Gasteiger partial charge >= 0.3 is 0 Å². The Labute approximate surface area is 211 Å². The molecule has 1 fully saturated rings. The number of rotatable bonds is 6. The van der Waals surface area contributed by atoms with E-state index in [-0.39, 0.29) is 17.0 Å². The van der Waals surface area contributed by atoms with Crippen LogP contribution in [0.1, 0.15) is 30.7 Å². The van der Waals surface area contributed by atoms with Crippen molar-refractivity contribution in [3.05, 3.63) is 99.1 Å². The largest absolute Gasteiger partial charge is 0.303 e. The summed E-state index contributed by atoms with van der Waals surface area (Å²) in [5.74, 6) is -3.78. The molecule has 0 unspecified atom stereocenters. The lowest BCUT2D eigenvalue weighted by molar-refractivity contribution is 0.204. The van der Waals surface area contributed by atoms with Crippen molar-refractivity contribution in [1.82, 2.24) is 14.7 Å². The number of piperidine rings is 1. The van der Waals surface area contributed by atoms with Crippen LogP contribution in [0.4, 0.5) is 13.2 Å². The van der Waals surface area contributed by atoms with Gasteiger partial charge in [0.25, 0.3) is 5.56 Å². The second-order valence-corrected chi connectivity index (χ2v) is 9.60. The Hall–Kier alpha value is -3.16. The van der Waals surface area contributed by atoms with Crippen molar-refractivity contribution in [2.45, 2.75) is 31.7 Å². The first-order valence-electron chi connectivity index (χ1n) is 12.0.